The van der Waals surface area contributed by atoms with E-state index in [1.165, 1.54) is 5.56 Å². The van der Waals surface area contributed by atoms with Crippen molar-refractivity contribution in [3.8, 4) is 0 Å². The number of benzene rings is 2. The predicted octanol–water partition coefficient (Wildman–Crippen LogP) is 3.42. The molecule has 3 nitrogen and oxygen atoms in total. The van der Waals surface area contributed by atoms with Crippen molar-refractivity contribution in [2.45, 2.75) is 26.4 Å². The molecule has 0 aromatic heterocycles. The van der Waals surface area contributed by atoms with E-state index >= 15 is 0 Å². The van der Waals surface area contributed by atoms with Gasteiger partial charge in [0.15, 0.2) is 0 Å². The smallest absolute Gasteiger partial charge is 0.140 e. The summed E-state index contributed by atoms with van der Waals surface area (Å²) >= 11 is 0. The fourth-order valence-electron chi connectivity index (χ4n) is 3.21. The van der Waals surface area contributed by atoms with Crippen LogP contribution >= 0.6 is 0 Å². The zero-order valence-electron chi connectivity index (χ0n) is 13.8. The summed E-state index contributed by atoms with van der Waals surface area (Å²) in [7, 11) is 0. The van der Waals surface area contributed by atoms with Crippen molar-refractivity contribution in [1.82, 2.24) is 0 Å². The van der Waals surface area contributed by atoms with E-state index in [9.17, 15) is 14.7 Å². The highest BCUT2D eigenvalue weighted by molar-refractivity contribution is 5.96. The fourth-order valence-corrected chi connectivity index (χ4v) is 3.21. The largest absolute Gasteiger partial charge is 0.387 e. The number of hydrogen-bond acceptors (Lipinski definition) is 3. The lowest BCUT2D eigenvalue weighted by Gasteiger charge is -2.33. The molecule has 0 aliphatic heterocycles. The highest BCUT2D eigenvalue weighted by atomic mass is 16.3. The summed E-state index contributed by atoms with van der Waals surface area (Å²) in [4.78, 5) is 23.3. The molecule has 1 N–H and O–H groups in total. The Hall–Kier alpha value is -2.52. The Kier molecular flexibility index (Phi) is 4.20. The summed E-state index contributed by atoms with van der Waals surface area (Å²) in [5.41, 5.74) is 3.86. The summed E-state index contributed by atoms with van der Waals surface area (Å²) in [5.74, 6) is 0. The van der Waals surface area contributed by atoms with Gasteiger partial charge < -0.3 is 14.7 Å². The SMILES string of the molecule is CCc1ccc(C2=CC(C=O)(C=O)C(O)c3cc(C)ccc32)cc1. The number of aliphatic hydroxyl groups is 1. The molecular weight excluding hydrogens is 300 g/mol. The van der Waals surface area contributed by atoms with E-state index in [-0.39, 0.29) is 0 Å². The topological polar surface area (TPSA) is 54.4 Å². The first-order valence-corrected chi connectivity index (χ1v) is 8.08. The number of carbonyl (C=O) groups is 2. The summed E-state index contributed by atoms with van der Waals surface area (Å²) in [6.07, 6.45) is 2.45. The molecule has 24 heavy (non-hydrogen) atoms. The molecule has 1 aliphatic carbocycles. The second kappa shape index (κ2) is 6.17. The monoisotopic (exact) mass is 320 g/mol. The molecule has 0 radical (unpaired) electrons. The summed E-state index contributed by atoms with van der Waals surface area (Å²) in [6, 6.07) is 13.8. The predicted molar refractivity (Wildman–Crippen MR) is 93.6 cm³/mol. The van der Waals surface area contributed by atoms with E-state index in [0.29, 0.717) is 18.1 Å². The minimum Gasteiger partial charge on any atom is -0.387 e. The van der Waals surface area contributed by atoms with Crippen LogP contribution in [0.2, 0.25) is 0 Å². The minimum absolute atomic E-state index is 0.538. The number of aliphatic hydroxyl groups excluding tert-OH is 1. The second-order valence-electron chi connectivity index (χ2n) is 6.34. The first-order valence-electron chi connectivity index (χ1n) is 8.08. The zero-order valence-corrected chi connectivity index (χ0v) is 13.8. The maximum absolute atomic E-state index is 11.7. The summed E-state index contributed by atoms with van der Waals surface area (Å²) in [6.45, 7) is 4.01. The molecule has 2 aromatic rings. The first-order chi connectivity index (χ1) is 11.5. The molecule has 3 heteroatoms. The third kappa shape index (κ3) is 2.51. The summed E-state index contributed by atoms with van der Waals surface area (Å²) < 4.78 is 0. The molecule has 1 atom stereocenters. The molecule has 0 saturated carbocycles. The molecule has 0 amide bonds. The summed E-state index contributed by atoms with van der Waals surface area (Å²) in [5, 5.41) is 10.6. The van der Waals surface area contributed by atoms with Crippen molar-refractivity contribution in [2.24, 2.45) is 5.41 Å². The van der Waals surface area contributed by atoms with Crippen LogP contribution in [-0.2, 0) is 16.0 Å². The van der Waals surface area contributed by atoms with E-state index in [1.807, 2.05) is 49.4 Å². The quantitative estimate of drug-likeness (QED) is 0.694. The highest BCUT2D eigenvalue weighted by Gasteiger charge is 2.42. The Morgan fingerprint density at radius 2 is 1.75 bits per heavy atom. The van der Waals surface area contributed by atoms with E-state index in [1.54, 1.807) is 6.08 Å². The molecule has 0 spiro atoms. The number of hydrogen-bond donors (Lipinski definition) is 1. The van der Waals surface area contributed by atoms with Crippen LogP contribution in [0.5, 0.6) is 0 Å². The van der Waals surface area contributed by atoms with Gasteiger partial charge in [0.25, 0.3) is 0 Å². The zero-order chi connectivity index (χ0) is 17.3. The number of aldehydes is 2. The maximum atomic E-state index is 11.7. The number of carbonyl (C=O) groups excluding carboxylic acids is 2. The third-order valence-electron chi connectivity index (χ3n) is 4.74. The Morgan fingerprint density at radius 1 is 1.08 bits per heavy atom. The van der Waals surface area contributed by atoms with Gasteiger partial charge in [0.1, 0.15) is 24.1 Å². The Labute approximate surface area is 141 Å². The fraction of sp³-hybridized carbons (Fsp3) is 0.238. The van der Waals surface area contributed by atoms with Gasteiger partial charge in [0.2, 0.25) is 0 Å². The lowest BCUT2D eigenvalue weighted by Crippen LogP contribution is -2.34. The molecule has 1 aliphatic rings. The van der Waals surface area contributed by atoms with Crippen LogP contribution in [0, 0.1) is 12.3 Å². The van der Waals surface area contributed by atoms with Gasteiger partial charge >= 0.3 is 0 Å². The van der Waals surface area contributed by atoms with Crippen molar-refractivity contribution >= 4 is 18.1 Å². The van der Waals surface area contributed by atoms with Crippen LogP contribution in [0.25, 0.3) is 5.57 Å². The van der Waals surface area contributed by atoms with Crippen LogP contribution < -0.4 is 0 Å². The Morgan fingerprint density at radius 3 is 2.33 bits per heavy atom. The van der Waals surface area contributed by atoms with Crippen LogP contribution in [0.1, 0.15) is 40.8 Å². The highest BCUT2D eigenvalue weighted by Crippen LogP contribution is 2.44. The van der Waals surface area contributed by atoms with Crippen molar-refractivity contribution in [3.63, 3.8) is 0 Å². The van der Waals surface area contributed by atoms with Crippen LogP contribution in [0.3, 0.4) is 0 Å². The maximum Gasteiger partial charge on any atom is 0.140 e. The molecule has 0 heterocycles. The van der Waals surface area contributed by atoms with E-state index in [2.05, 4.69) is 6.92 Å². The van der Waals surface area contributed by atoms with E-state index < -0.39 is 11.5 Å². The second-order valence-corrected chi connectivity index (χ2v) is 6.34. The van der Waals surface area contributed by atoms with Crippen molar-refractivity contribution in [1.29, 1.82) is 0 Å². The van der Waals surface area contributed by atoms with Gasteiger partial charge in [0.05, 0.1) is 0 Å². The van der Waals surface area contributed by atoms with E-state index in [4.69, 9.17) is 0 Å². The molecule has 0 saturated heterocycles. The molecule has 3 rings (SSSR count). The van der Waals surface area contributed by atoms with Crippen molar-refractivity contribution < 1.29 is 14.7 Å². The molecule has 122 valence electrons. The van der Waals surface area contributed by atoms with Crippen molar-refractivity contribution in [2.75, 3.05) is 0 Å². The van der Waals surface area contributed by atoms with Gasteiger partial charge in [-0.3, -0.25) is 0 Å². The molecule has 0 bridgehead atoms. The van der Waals surface area contributed by atoms with Gasteiger partial charge in [-0.1, -0.05) is 61.0 Å². The first kappa shape index (κ1) is 16.3. The van der Waals surface area contributed by atoms with E-state index in [0.717, 1.165) is 28.7 Å². The van der Waals surface area contributed by atoms with Gasteiger partial charge in [-0.15, -0.1) is 0 Å². The number of rotatable bonds is 4. The minimum atomic E-state index is -1.54. The molecule has 2 aromatic carbocycles. The Bertz CT molecular complexity index is 807. The van der Waals surface area contributed by atoms with Crippen molar-refractivity contribution in [3.05, 3.63) is 76.4 Å². The number of fused-ring (bicyclic) bond motifs is 1. The third-order valence-corrected chi connectivity index (χ3v) is 4.74. The van der Waals surface area contributed by atoms with Crippen LogP contribution in [0.4, 0.5) is 0 Å². The molecule has 0 fully saturated rings. The standard InChI is InChI=1S/C21H20O3/c1-3-15-5-7-16(8-6-15)19-11-21(12-22,13-23)20(24)18-10-14(2)4-9-17(18)19/h4-13,20,24H,3H2,1-2H3. The lowest BCUT2D eigenvalue weighted by molar-refractivity contribution is -0.129. The lowest BCUT2D eigenvalue weighted by atomic mass is 9.71. The van der Waals surface area contributed by atoms with Gasteiger partial charge in [-0.2, -0.15) is 0 Å². The molecular formula is C21H20O3. The average molecular weight is 320 g/mol. The Balaban J connectivity index is 2.25. The van der Waals surface area contributed by atoms with Gasteiger partial charge in [-0.25, -0.2) is 0 Å². The van der Waals surface area contributed by atoms with Gasteiger partial charge in [0, 0.05) is 0 Å². The van der Waals surface area contributed by atoms with Crippen LogP contribution in [0.15, 0.2) is 48.5 Å². The van der Waals surface area contributed by atoms with Crippen LogP contribution in [-0.4, -0.2) is 17.7 Å². The number of aryl methyl sites for hydroxylation is 2. The average Bonchev–Trinajstić information content (AvgIpc) is 2.63. The normalized spacial score (nSPS) is 18.5. The van der Waals surface area contributed by atoms with Gasteiger partial charge in [-0.05, 0) is 41.2 Å². The molecule has 1 unspecified atom stereocenters.